The molecule has 0 unspecified atom stereocenters. The second-order valence-corrected chi connectivity index (χ2v) is 4.11. The molecule has 4 heteroatoms. The molecule has 0 amide bonds. The molecule has 4 nitrogen and oxygen atoms in total. The predicted octanol–water partition coefficient (Wildman–Crippen LogP) is 2.17. The molecular formula is C14H14N4. The summed E-state index contributed by atoms with van der Waals surface area (Å²) in [5, 5.41) is 8.85. The maximum absolute atomic E-state index is 8.85. The highest BCUT2D eigenvalue weighted by molar-refractivity contribution is 5.46. The van der Waals surface area contributed by atoms with Crippen molar-refractivity contribution in [2.45, 2.75) is 6.54 Å². The van der Waals surface area contributed by atoms with Crippen LogP contribution >= 0.6 is 0 Å². The fourth-order valence-corrected chi connectivity index (χ4v) is 1.67. The number of rotatable bonds is 3. The van der Waals surface area contributed by atoms with Crippen molar-refractivity contribution in [1.82, 2.24) is 4.98 Å². The van der Waals surface area contributed by atoms with Crippen LogP contribution in [0.15, 0.2) is 42.6 Å². The van der Waals surface area contributed by atoms with E-state index in [4.69, 9.17) is 11.0 Å². The van der Waals surface area contributed by atoms with E-state index in [0.717, 1.165) is 23.6 Å². The SMILES string of the molecule is CN(Cc1ccc(N)cc1)c1cc(C#N)ccn1. The largest absolute Gasteiger partial charge is 0.399 e. The van der Waals surface area contributed by atoms with E-state index in [0.29, 0.717) is 5.56 Å². The quantitative estimate of drug-likeness (QED) is 0.832. The normalized spacial score (nSPS) is 9.78. The van der Waals surface area contributed by atoms with Crippen molar-refractivity contribution in [2.24, 2.45) is 0 Å². The fourth-order valence-electron chi connectivity index (χ4n) is 1.67. The van der Waals surface area contributed by atoms with Crippen molar-refractivity contribution in [2.75, 3.05) is 17.7 Å². The summed E-state index contributed by atoms with van der Waals surface area (Å²) in [6, 6.07) is 13.3. The number of hydrogen-bond acceptors (Lipinski definition) is 4. The predicted molar refractivity (Wildman–Crippen MR) is 71.9 cm³/mol. The zero-order valence-electron chi connectivity index (χ0n) is 10.2. The Hall–Kier alpha value is -2.54. The molecule has 90 valence electrons. The lowest BCUT2D eigenvalue weighted by atomic mass is 10.2. The molecule has 0 saturated carbocycles. The van der Waals surface area contributed by atoms with Gasteiger partial charge in [0.2, 0.25) is 0 Å². The van der Waals surface area contributed by atoms with Crippen LogP contribution in [0.3, 0.4) is 0 Å². The van der Waals surface area contributed by atoms with Crippen molar-refractivity contribution in [3.63, 3.8) is 0 Å². The second-order valence-electron chi connectivity index (χ2n) is 4.11. The van der Waals surface area contributed by atoms with Crippen LogP contribution in [0, 0.1) is 11.3 Å². The summed E-state index contributed by atoms with van der Waals surface area (Å²) >= 11 is 0. The first-order chi connectivity index (χ1) is 8.69. The number of nitrogen functional groups attached to an aromatic ring is 1. The second kappa shape index (κ2) is 5.19. The highest BCUT2D eigenvalue weighted by Crippen LogP contribution is 2.14. The summed E-state index contributed by atoms with van der Waals surface area (Å²) in [6.45, 7) is 0.724. The standard InChI is InChI=1S/C14H14N4/c1-18(10-11-2-4-13(16)5-3-11)14-8-12(9-15)6-7-17-14/h2-8H,10,16H2,1H3. The summed E-state index contributed by atoms with van der Waals surface area (Å²) in [7, 11) is 1.94. The van der Waals surface area contributed by atoms with Crippen LogP contribution in [-0.2, 0) is 6.54 Å². The van der Waals surface area contributed by atoms with Gasteiger partial charge in [-0.2, -0.15) is 5.26 Å². The van der Waals surface area contributed by atoms with E-state index in [2.05, 4.69) is 11.1 Å². The molecule has 0 aliphatic heterocycles. The molecule has 0 bridgehead atoms. The van der Waals surface area contributed by atoms with Crippen LogP contribution in [0.4, 0.5) is 11.5 Å². The highest BCUT2D eigenvalue weighted by atomic mass is 15.2. The van der Waals surface area contributed by atoms with Gasteiger partial charge in [0.15, 0.2) is 0 Å². The number of nitrogens with zero attached hydrogens (tertiary/aromatic N) is 3. The molecule has 0 atom stereocenters. The number of anilines is 2. The van der Waals surface area contributed by atoms with Crippen molar-refractivity contribution >= 4 is 11.5 Å². The van der Waals surface area contributed by atoms with Gasteiger partial charge in [0.25, 0.3) is 0 Å². The molecule has 0 saturated heterocycles. The molecule has 0 aliphatic carbocycles. The number of pyridine rings is 1. The maximum atomic E-state index is 8.85. The van der Waals surface area contributed by atoms with Gasteiger partial charge < -0.3 is 10.6 Å². The number of benzene rings is 1. The van der Waals surface area contributed by atoms with Gasteiger partial charge in [-0.1, -0.05) is 12.1 Å². The Labute approximate surface area is 106 Å². The lowest BCUT2D eigenvalue weighted by Crippen LogP contribution is -2.17. The van der Waals surface area contributed by atoms with Crippen LogP contribution in [0.5, 0.6) is 0 Å². The number of nitrogens with two attached hydrogens (primary N) is 1. The molecule has 1 heterocycles. The first-order valence-electron chi connectivity index (χ1n) is 5.61. The zero-order valence-corrected chi connectivity index (χ0v) is 10.2. The van der Waals surface area contributed by atoms with Crippen molar-refractivity contribution < 1.29 is 0 Å². The van der Waals surface area contributed by atoms with E-state index in [1.54, 1.807) is 18.3 Å². The minimum Gasteiger partial charge on any atom is -0.399 e. The van der Waals surface area contributed by atoms with E-state index in [-0.39, 0.29) is 0 Å². The van der Waals surface area contributed by atoms with Gasteiger partial charge in [0.05, 0.1) is 11.6 Å². The molecule has 1 aromatic carbocycles. The van der Waals surface area contributed by atoms with Crippen LogP contribution < -0.4 is 10.6 Å². The van der Waals surface area contributed by atoms with Crippen molar-refractivity contribution in [3.8, 4) is 6.07 Å². The van der Waals surface area contributed by atoms with Gasteiger partial charge in [0.1, 0.15) is 5.82 Å². The molecule has 0 aliphatic rings. The molecule has 2 N–H and O–H groups in total. The zero-order chi connectivity index (χ0) is 13.0. The topological polar surface area (TPSA) is 65.9 Å². The third kappa shape index (κ3) is 2.77. The number of nitriles is 1. The number of aromatic nitrogens is 1. The molecule has 0 fully saturated rings. The lowest BCUT2D eigenvalue weighted by Gasteiger charge is -2.18. The van der Waals surface area contributed by atoms with Gasteiger partial charge >= 0.3 is 0 Å². The lowest BCUT2D eigenvalue weighted by molar-refractivity contribution is 0.897. The Kier molecular flexibility index (Phi) is 3.44. The van der Waals surface area contributed by atoms with Crippen LogP contribution in [0.2, 0.25) is 0 Å². The van der Waals surface area contributed by atoms with Crippen LogP contribution in [0.1, 0.15) is 11.1 Å². The Bertz CT molecular complexity index is 569. The summed E-state index contributed by atoms with van der Waals surface area (Å²) in [5.41, 5.74) is 8.16. The molecule has 2 aromatic rings. The average molecular weight is 238 g/mol. The summed E-state index contributed by atoms with van der Waals surface area (Å²) < 4.78 is 0. The summed E-state index contributed by atoms with van der Waals surface area (Å²) in [6.07, 6.45) is 1.65. The van der Waals surface area contributed by atoms with Gasteiger partial charge in [-0.25, -0.2) is 4.98 Å². The van der Waals surface area contributed by atoms with E-state index < -0.39 is 0 Å². The highest BCUT2D eigenvalue weighted by Gasteiger charge is 2.04. The molecular weight excluding hydrogens is 224 g/mol. The molecule has 1 aromatic heterocycles. The van der Waals surface area contributed by atoms with Gasteiger partial charge in [-0.05, 0) is 29.8 Å². The van der Waals surface area contributed by atoms with Crippen LogP contribution in [0.25, 0.3) is 0 Å². The number of hydrogen-bond donors (Lipinski definition) is 1. The Balaban J connectivity index is 2.14. The van der Waals surface area contributed by atoms with E-state index in [1.807, 2.05) is 36.2 Å². The third-order valence-electron chi connectivity index (χ3n) is 2.67. The molecule has 18 heavy (non-hydrogen) atoms. The monoisotopic (exact) mass is 238 g/mol. The maximum Gasteiger partial charge on any atom is 0.129 e. The first-order valence-corrected chi connectivity index (χ1v) is 5.61. The smallest absolute Gasteiger partial charge is 0.129 e. The Morgan fingerprint density at radius 1 is 1.28 bits per heavy atom. The fraction of sp³-hybridized carbons (Fsp3) is 0.143. The molecule has 0 spiro atoms. The first kappa shape index (κ1) is 11.9. The minimum atomic E-state index is 0.615. The Morgan fingerprint density at radius 2 is 2.00 bits per heavy atom. The molecule has 2 rings (SSSR count). The van der Waals surface area contributed by atoms with E-state index in [1.165, 1.54) is 0 Å². The van der Waals surface area contributed by atoms with Gasteiger partial charge in [0, 0.05) is 25.5 Å². The van der Waals surface area contributed by atoms with Crippen molar-refractivity contribution in [3.05, 3.63) is 53.7 Å². The van der Waals surface area contributed by atoms with Crippen molar-refractivity contribution in [1.29, 1.82) is 5.26 Å². The average Bonchev–Trinajstić information content (AvgIpc) is 2.41. The third-order valence-corrected chi connectivity index (χ3v) is 2.67. The summed E-state index contributed by atoms with van der Waals surface area (Å²) in [4.78, 5) is 6.24. The van der Waals surface area contributed by atoms with Gasteiger partial charge in [-0.15, -0.1) is 0 Å². The Morgan fingerprint density at radius 3 is 2.67 bits per heavy atom. The van der Waals surface area contributed by atoms with E-state index >= 15 is 0 Å². The molecule has 0 radical (unpaired) electrons. The van der Waals surface area contributed by atoms with Gasteiger partial charge in [-0.3, -0.25) is 0 Å². The van der Waals surface area contributed by atoms with E-state index in [9.17, 15) is 0 Å². The summed E-state index contributed by atoms with van der Waals surface area (Å²) in [5.74, 6) is 0.783. The minimum absolute atomic E-state index is 0.615. The van der Waals surface area contributed by atoms with Crippen LogP contribution in [-0.4, -0.2) is 12.0 Å².